The lowest BCUT2D eigenvalue weighted by Crippen LogP contribution is -2.39. The second-order valence-corrected chi connectivity index (χ2v) is 8.09. The fourth-order valence-corrected chi connectivity index (χ4v) is 4.39. The highest BCUT2D eigenvalue weighted by Crippen LogP contribution is 2.25. The van der Waals surface area contributed by atoms with Gasteiger partial charge in [0.1, 0.15) is 0 Å². The number of nitrogens with one attached hydrogen (secondary N) is 2. The van der Waals surface area contributed by atoms with Crippen molar-refractivity contribution in [2.75, 3.05) is 32.7 Å². The molecule has 2 N–H and O–H groups in total. The molecule has 0 amide bonds. The van der Waals surface area contributed by atoms with E-state index in [0.717, 1.165) is 38.4 Å². The second-order valence-electron chi connectivity index (χ2n) is 7.15. The van der Waals surface area contributed by atoms with Crippen molar-refractivity contribution < 1.29 is 0 Å². The van der Waals surface area contributed by atoms with Crippen molar-refractivity contribution in [2.45, 2.75) is 45.6 Å². The molecule has 1 atom stereocenters. The second kappa shape index (κ2) is 13.2. The predicted molar refractivity (Wildman–Crippen MR) is 135 cm³/mol. The van der Waals surface area contributed by atoms with Crippen LogP contribution in [0.3, 0.4) is 0 Å². The maximum atomic E-state index is 4.92. The number of benzene rings is 1. The van der Waals surface area contributed by atoms with Crippen LogP contribution in [0.15, 0.2) is 40.7 Å². The minimum absolute atomic E-state index is 0. The molecule has 2 aromatic rings. The van der Waals surface area contributed by atoms with Gasteiger partial charge in [-0.1, -0.05) is 37.3 Å². The fourth-order valence-electron chi connectivity index (χ4n) is 3.61. The van der Waals surface area contributed by atoms with E-state index in [1.54, 1.807) is 11.3 Å². The van der Waals surface area contributed by atoms with Crippen molar-refractivity contribution in [1.82, 2.24) is 20.5 Å². The van der Waals surface area contributed by atoms with Crippen LogP contribution in [0.2, 0.25) is 0 Å². The summed E-state index contributed by atoms with van der Waals surface area (Å²) >= 11 is 1.75. The molecule has 29 heavy (non-hydrogen) atoms. The average molecular weight is 528 g/mol. The van der Waals surface area contributed by atoms with Crippen molar-refractivity contribution in [3.63, 3.8) is 0 Å². The van der Waals surface area contributed by atoms with Crippen LogP contribution in [0, 0.1) is 0 Å². The molecule has 0 aliphatic carbocycles. The van der Waals surface area contributed by atoms with E-state index >= 15 is 0 Å². The first-order chi connectivity index (χ1) is 13.8. The summed E-state index contributed by atoms with van der Waals surface area (Å²) in [5.41, 5.74) is 2.53. The zero-order valence-corrected chi connectivity index (χ0v) is 20.7. The number of halogens is 1. The van der Waals surface area contributed by atoms with Crippen LogP contribution in [-0.4, -0.2) is 48.6 Å². The number of likely N-dealkylation sites (tertiary alicyclic amines) is 1. The van der Waals surface area contributed by atoms with Gasteiger partial charge < -0.3 is 10.6 Å². The van der Waals surface area contributed by atoms with Crippen LogP contribution >= 0.6 is 35.3 Å². The van der Waals surface area contributed by atoms with Crippen LogP contribution in [0.25, 0.3) is 0 Å². The van der Waals surface area contributed by atoms with Crippen LogP contribution in [0.1, 0.15) is 49.0 Å². The lowest BCUT2D eigenvalue weighted by Gasteiger charge is -2.27. The topological polar surface area (TPSA) is 52.6 Å². The van der Waals surface area contributed by atoms with E-state index in [1.165, 1.54) is 42.2 Å². The molecule has 7 heteroatoms. The summed E-state index contributed by atoms with van der Waals surface area (Å²) in [5, 5.41) is 10.2. The Hall–Kier alpha value is -1.19. The van der Waals surface area contributed by atoms with Gasteiger partial charge in [0.2, 0.25) is 0 Å². The van der Waals surface area contributed by atoms with E-state index in [0.29, 0.717) is 6.04 Å². The smallest absolute Gasteiger partial charge is 0.191 e. The van der Waals surface area contributed by atoms with Gasteiger partial charge in [0.05, 0.1) is 23.3 Å². The van der Waals surface area contributed by atoms with Gasteiger partial charge in [0.15, 0.2) is 5.96 Å². The largest absolute Gasteiger partial charge is 0.357 e. The van der Waals surface area contributed by atoms with Crippen LogP contribution in [-0.2, 0) is 12.8 Å². The van der Waals surface area contributed by atoms with E-state index in [-0.39, 0.29) is 24.0 Å². The minimum Gasteiger partial charge on any atom is -0.357 e. The number of aromatic nitrogens is 1. The Morgan fingerprint density at radius 2 is 1.93 bits per heavy atom. The molecule has 1 aromatic heterocycles. The molecule has 1 aromatic carbocycles. The van der Waals surface area contributed by atoms with E-state index in [4.69, 9.17) is 4.99 Å². The summed E-state index contributed by atoms with van der Waals surface area (Å²) in [4.78, 5) is 12.1. The minimum atomic E-state index is 0. The number of guanidine groups is 1. The molecule has 1 aliphatic heterocycles. The van der Waals surface area contributed by atoms with Gasteiger partial charge in [-0.2, -0.15) is 0 Å². The zero-order valence-electron chi connectivity index (χ0n) is 17.6. The molecule has 0 spiro atoms. The first-order valence-electron chi connectivity index (χ1n) is 10.5. The number of hydrogen-bond acceptors (Lipinski definition) is 4. The third-order valence-corrected chi connectivity index (χ3v) is 6.15. The summed E-state index contributed by atoms with van der Waals surface area (Å²) in [6, 6.07) is 11.2. The highest BCUT2D eigenvalue weighted by molar-refractivity contribution is 14.0. The Kier molecular flexibility index (Phi) is 10.9. The third-order valence-electron chi connectivity index (χ3n) is 5.11. The predicted octanol–water partition coefficient (Wildman–Crippen LogP) is 4.26. The molecule has 2 heterocycles. The molecule has 0 saturated carbocycles. The fraction of sp³-hybridized carbons (Fsp3) is 0.545. The molecule has 0 radical (unpaired) electrons. The number of hydrogen-bond donors (Lipinski definition) is 2. The highest BCUT2D eigenvalue weighted by atomic mass is 127. The molecular weight excluding hydrogens is 493 g/mol. The van der Waals surface area contributed by atoms with Crippen molar-refractivity contribution in [3.8, 4) is 0 Å². The van der Waals surface area contributed by atoms with Gasteiger partial charge in [-0.3, -0.25) is 9.89 Å². The van der Waals surface area contributed by atoms with Gasteiger partial charge in [-0.15, -0.1) is 35.3 Å². The normalized spacial score (nSPS) is 15.7. The molecular formula is C22H34IN5S. The number of thiazole rings is 1. The Balaban J connectivity index is 0.00000300. The SMILES string of the molecule is CCNC(=NCC(c1ccccc1)N1CCCC1)NCCc1csc(CC)n1.I. The standard InChI is InChI=1S/C22H33N5S.HI/c1-3-21-26-19(17-28-21)12-13-24-22(23-4-2)25-16-20(27-14-8-9-15-27)18-10-6-5-7-11-18;/h5-7,10-11,17,20H,3-4,8-9,12-16H2,1-2H3,(H2,23,24,25);1H. The Morgan fingerprint density at radius 3 is 2.59 bits per heavy atom. The molecule has 5 nitrogen and oxygen atoms in total. The number of rotatable bonds is 9. The molecule has 0 bridgehead atoms. The summed E-state index contributed by atoms with van der Waals surface area (Å²) in [6.45, 7) is 9.09. The first kappa shape index (κ1) is 24.1. The van der Waals surface area contributed by atoms with Gasteiger partial charge in [-0.05, 0) is 44.8 Å². The zero-order chi connectivity index (χ0) is 19.6. The van der Waals surface area contributed by atoms with Crippen molar-refractivity contribution in [3.05, 3.63) is 52.0 Å². The monoisotopic (exact) mass is 527 g/mol. The summed E-state index contributed by atoms with van der Waals surface area (Å²) in [5.74, 6) is 0.897. The van der Waals surface area contributed by atoms with Crippen LogP contribution in [0.5, 0.6) is 0 Å². The number of aliphatic imine (C=N–C) groups is 1. The van der Waals surface area contributed by atoms with E-state index in [9.17, 15) is 0 Å². The summed E-state index contributed by atoms with van der Waals surface area (Å²) in [6.07, 6.45) is 4.52. The van der Waals surface area contributed by atoms with E-state index < -0.39 is 0 Å². The maximum absolute atomic E-state index is 4.92. The lowest BCUT2D eigenvalue weighted by atomic mass is 10.1. The molecule has 1 aliphatic rings. The summed E-state index contributed by atoms with van der Waals surface area (Å²) in [7, 11) is 0. The Morgan fingerprint density at radius 1 is 1.17 bits per heavy atom. The van der Waals surface area contributed by atoms with Gasteiger partial charge in [-0.25, -0.2) is 4.98 Å². The van der Waals surface area contributed by atoms with Gasteiger partial charge in [0.25, 0.3) is 0 Å². The molecule has 3 rings (SSSR count). The van der Waals surface area contributed by atoms with E-state index in [2.05, 4.69) is 70.1 Å². The van der Waals surface area contributed by atoms with Crippen molar-refractivity contribution in [1.29, 1.82) is 0 Å². The van der Waals surface area contributed by atoms with Gasteiger partial charge in [0, 0.05) is 24.9 Å². The Bertz CT molecular complexity index is 728. The molecule has 1 fully saturated rings. The third kappa shape index (κ3) is 7.53. The maximum Gasteiger partial charge on any atom is 0.191 e. The molecule has 1 saturated heterocycles. The number of aryl methyl sites for hydroxylation is 1. The van der Waals surface area contributed by atoms with Crippen LogP contribution in [0.4, 0.5) is 0 Å². The lowest BCUT2D eigenvalue weighted by molar-refractivity contribution is 0.251. The Labute approximate surface area is 196 Å². The van der Waals surface area contributed by atoms with Gasteiger partial charge >= 0.3 is 0 Å². The molecule has 1 unspecified atom stereocenters. The highest BCUT2D eigenvalue weighted by Gasteiger charge is 2.23. The van der Waals surface area contributed by atoms with E-state index in [1.807, 2.05) is 0 Å². The molecule has 160 valence electrons. The quantitative estimate of drug-likeness (QED) is 0.291. The van der Waals surface area contributed by atoms with Crippen molar-refractivity contribution in [2.24, 2.45) is 4.99 Å². The van der Waals surface area contributed by atoms with Crippen LogP contribution < -0.4 is 10.6 Å². The average Bonchev–Trinajstić information content (AvgIpc) is 3.41. The first-order valence-corrected chi connectivity index (χ1v) is 11.4. The van der Waals surface area contributed by atoms with Crippen molar-refractivity contribution >= 4 is 41.3 Å². The number of nitrogens with zero attached hydrogens (tertiary/aromatic N) is 3. The summed E-state index contributed by atoms with van der Waals surface area (Å²) < 4.78 is 0.